The van der Waals surface area contributed by atoms with Crippen LogP contribution in [0.15, 0.2) is 36.5 Å². The van der Waals surface area contributed by atoms with Gasteiger partial charge in [-0.2, -0.15) is 0 Å². The van der Waals surface area contributed by atoms with Gasteiger partial charge in [-0.1, -0.05) is 6.07 Å². The summed E-state index contributed by atoms with van der Waals surface area (Å²) < 4.78 is 0. The highest BCUT2D eigenvalue weighted by molar-refractivity contribution is 5.93. The Kier molecular flexibility index (Phi) is 4.30. The molecule has 0 radical (unpaired) electrons. The number of pyridine rings is 2. The van der Waals surface area contributed by atoms with Gasteiger partial charge in [0, 0.05) is 24.1 Å². The highest BCUT2D eigenvalue weighted by atomic mass is 16.2. The van der Waals surface area contributed by atoms with Crippen LogP contribution in [-0.2, 0) is 6.54 Å². The first-order valence-electron chi connectivity index (χ1n) is 6.53. The molecule has 0 fully saturated rings. The molecule has 20 heavy (non-hydrogen) atoms. The largest absolute Gasteiger partial charge is 0.399 e. The quantitative estimate of drug-likeness (QED) is 0.922. The lowest BCUT2D eigenvalue weighted by atomic mass is 10.2. The van der Waals surface area contributed by atoms with Crippen molar-refractivity contribution in [1.29, 1.82) is 0 Å². The molecule has 0 bridgehead atoms. The Bertz CT molecular complexity index is 612. The first-order valence-corrected chi connectivity index (χ1v) is 6.53. The minimum atomic E-state index is -0.136. The van der Waals surface area contributed by atoms with Crippen molar-refractivity contribution in [2.24, 2.45) is 0 Å². The van der Waals surface area contributed by atoms with Crippen molar-refractivity contribution >= 4 is 11.6 Å². The third-order valence-electron chi connectivity index (χ3n) is 2.97. The molecule has 0 aliphatic rings. The van der Waals surface area contributed by atoms with E-state index in [1.807, 2.05) is 32.0 Å². The number of aryl methyl sites for hydroxylation is 1. The number of anilines is 1. The molecular weight excluding hydrogens is 252 g/mol. The standard InChI is InChI=1S/C15H18N4O/c1-3-19(10-13-6-4-5-11(2)18-13)15(20)14-9-12(16)7-8-17-14/h4-9H,3,10H2,1-2H3,(H2,16,17). The van der Waals surface area contributed by atoms with Gasteiger partial charge >= 0.3 is 0 Å². The van der Waals surface area contributed by atoms with E-state index in [2.05, 4.69) is 9.97 Å². The molecule has 0 saturated carbocycles. The van der Waals surface area contributed by atoms with Crippen LogP contribution < -0.4 is 5.73 Å². The SMILES string of the molecule is CCN(Cc1cccc(C)n1)C(=O)c1cc(N)ccn1. The predicted molar refractivity (Wildman–Crippen MR) is 78.0 cm³/mol. The van der Waals surface area contributed by atoms with Crippen molar-refractivity contribution in [3.05, 3.63) is 53.6 Å². The fourth-order valence-corrected chi connectivity index (χ4v) is 1.94. The summed E-state index contributed by atoms with van der Waals surface area (Å²) in [4.78, 5) is 22.6. The molecule has 5 nitrogen and oxygen atoms in total. The van der Waals surface area contributed by atoms with Crippen LogP contribution >= 0.6 is 0 Å². The maximum Gasteiger partial charge on any atom is 0.272 e. The molecule has 0 aromatic carbocycles. The average Bonchev–Trinajstić information content (AvgIpc) is 2.44. The molecule has 0 aliphatic carbocycles. The second kappa shape index (κ2) is 6.14. The third kappa shape index (κ3) is 3.32. The Balaban J connectivity index is 2.18. The summed E-state index contributed by atoms with van der Waals surface area (Å²) in [7, 11) is 0. The molecule has 2 rings (SSSR count). The summed E-state index contributed by atoms with van der Waals surface area (Å²) in [6, 6.07) is 9.04. The summed E-state index contributed by atoms with van der Waals surface area (Å²) in [5.74, 6) is -0.136. The van der Waals surface area contributed by atoms with Gasteiger partial charge < -0.3 is 10.6 Å². The molecular formula is C15H18N4O. The summed E-state index contributed by atoms with van der Waals surface area (Å²) >= 11 is 0. The summed E-state index contributed by atoms with van der Waals surface area (Å²) in [6.45, 7) is 4.92. The Labute approximate surface area is 118 Å². The van der Waals surface area contributed by atoms with Crippen LogP contribution in [0.4, 0.5) is 5.69 Å². The highest BCUT2D eigenvalue weighted by Crippen LogP contribution is 2.10. The molecule has 5 heteroatoms. The maximum atomic E-state index is 12.4. The lowest BCUT2D eigenvalue weighted by molar-refractivity contribution is 0.0744. The van der Waals surface area contributed by atoms with Gasteiger partial charge in [-0.25, -0.2) is 0 Å². The maximum absolute atomic E-state index is 12.4. The summed E-state index contributed by atoms with van der Waals surface area (Å²) in [6.07, 6.45) is 1.54. The van der Waals surface area contributed by atoms with Gasteiger partial charge in [0.15, 0.2) is 0 Å². The van der Waals surface area contributed by atoms with Crippen molar-refractivity contribution in [3.63, 3.8) is 0 Å². The van der Waals surface area contributed by atoms with Gasteiger partial charge in [0.2, 0.25) is 0 Å². The molecule has 0 saturated heterocycles. The van der Waals surface area contributed by atoms with E-state index >= 15 is 0 Å². The second-order valence-electron chi connectivity index (χ2n) is 4.56. The van der Waals surface area contributed by atoms with Gasteiger partial charge in [-0.15, -0.1) is 0 Å². The zero-order valence-corrected chi connectivity index (χ0v) is 11.7. The number of nitrogens with zero attached hydrogens (tertiary/aromatic N) is 3. The number of amides is 1. The Morgan fingerprint density at radius 1 is 1.35 bits per heavy atom. The molecule has 2 heterocycles. The first kappa shape index (κ1) is 14.0. The molecule has 0 unspecified atom stereocenters. The number of hydrogen-bond acceptors (Lipinski definition) is 4. The van der Waals surface area contributed by atoms with Gasteiger partial charge in [0.1, 0.15) is 5.69 Å². The van der Waals surface area contributed by atoms with Crippen LogP contribution in [0.2, 0.25) is 0 Å². The van der Waals surface area contributed by atoms with Gasteiger partial charge in [0.05, 0.1) is 12.2 Å². The van der Waals surface area contributed by atoms with Crippen molar-refractivity contribution in [2.75, 3.05) is 12.3 Å². The van der Waals surface area contributed by atoms with Gasteiger partial charge in [-0.3, -0.25) is 14.8 Å². The lowest BCUT2D eigenvalue weighted by Crippen LogP contribution is -2.31. The smallest absolute Gasteiger partial charge is 0.272 e. The summed E-state index contributed by atoms with van der Waals surface area (Å²) in [5.41, 5.74) is 8.39. The number of nitrogens with two attached hydrogens (primary N) is 1. The van der Waals surface area contributed by atoms with Crippen LogP contribution in [0, 0.1) is 6.92 Å². The van der Waals surface area contributed by atoms with Crippen LogP contribution in [0.1, 0.15) is 28.8 Å². The van der Waals surface area contributed by atoms with Crippen molar-refractivity contribution in [1.82, 2.24) is 14.9 Å². The monoisotopic (exact) mass is 270 g/mol. The van der Waals surface area contributed by atoms with Crippen LogP contribution in [0.25, 0.3) is 0 Å². The molecule has 104 valence electrons. The van der Waals surface area contributed by atoms with E-state index in [1.54, 1.807) is 23.2 Å². The van der Waals surface area contributed by atoms with E-state index in [-0.39, 0.29) is 5.91 Å². The molecule has 2 aromatic heterocycles. The van der Waals surface area contributed by atoms with E-state index < -0.39 is 0 Å². The van der Waals surface area contributed by atoms with Crippen molar-refractivity contribution in [3.8, 4) is 0 Å². The predicted octanol–water partition coefficient (Wildman–Crippen LogP) is 2.03. The molecule has 0 spiro atoms. The number of aromatic nitrogens is 2. The van der Waals surface area contributed by atoms with Crippen molar-refractivity contribution < 1.29 is 4.79 Å². The minimum absolute atomic E-state index is 0.136. The number of hydrogen-bond donors (Lipinski definition) is 1. The Hall–Kier alpha value is -2.43. The van der Waals surface area contributed by atoms with Gasteiger partial charge in [-0.05, 0) is 38.1 Å². The Morgan fingerprint density at radius 2 is 2.15 bits per heavy atom. The zero-order chi connectivity index (χ0) is 14.5. The van der Waals surface area contributed by atoms with E-state index in [0.29, 0.717) is 24.5 Å². The molecule has 0 aliphatic heterocycles. The van der Waals surface area contributed by atoms with Crippen LogP contribution in [0.5, 0.6) is 0 Å². The number of rotatable bonds is 4. The third-order valence-corrected chi connectivity index (χ3v) is 2.97. The molecule has 0 atom stereocenters. The zero-order valence-electron chi connectivity index (χ0n) is 11.7. The fourth-order valence-electron chi connectivity index (χ4n) is 1.94. The summed E-state index contributed by atoms with van der Waals surface area (Å²) in [5, 5.41) is 0. The molecule has 1 amide bonds. The Morgan fingerprint density at radius 3 is 2.80 bits per heavy atom. The van der Waals surface area contributed by atoms with E-state index in [1.165, 1.54) is 0 Å². The van der Waals surface area contributed by atoms with Crippen molar-refractivity contribution in [2.45, 2.75) is 20.4 Å². The lowest BCUT2D eigenvalue weighted by Gasteiger charge is -2.20. The minimum Gasteiger partial charge on any atom is -0.399 e. The molecule has 2 N–H and O–H groups in total. The number of nitrogen functional groups attached to an aromatic ring is 1. The topological polar surface area (TPSA) is 72.1 Å². The first-order chi connectivity index (χ1) is 9.60. The normalized spacial score (nSPS) is 10.3. The average molecular weight is 270 g/mol. The van der Waals surface area contributed by atoms with E-state index in [0.717, 1.165) is 11.4 Å². The second-order valence-corrected chi connectivity index (χ2v) is 4.56. The highest BCUT2D eigenvalue weighted by Gasteiger charge is 2.16. The van der Waals surface area contributed by atoms with E-state index in [4.69, 9.17) is 5.73 Å². The number of carbonyl (C=O) groups is 1. The molecule has 2 aromatic rings. The van der Waals surface area contributed by atoms with Gasteiger partial charge in [0.25, 0.3) is 5.91 Å². The number of carbonyl (C=O) groups excluding carboxylic acids is 1. The van der Waals surface area contributed by atoms with E-state index in [9.17, 15) is 4.79 Å². The van der Waals surface area contributed by atoms with Crippen LogP contribution in [-0.4, -0.2) is 27.3 Å². The van der Waals surface area contributed by atoms with Crippen LogP contribution in [0.3, 0.4) is 0 Å². The fraction of sp³-hybridized carbons (Fsp3) is 0.267.